The van der Waals surface area contributed by atoms with Crippen molar-refractivity contribution in [2.24, 2.45) is 0 Å². The molecule has 0 heterocycles. The Hall–Kier alpha value is -8.86. The molecule has 0 spiro atoms. The van der Waals surface area contributed by atoms with Crippen LogP contribution in [-0.2, 0) is 0 Å². The van der Waals surface area contributed by atoms with Gasteiger partial charge in [0.1, 0.15) is 11.6 Å². The van der Waals surface area contributed by atoms with Gasteiger partial charge in [-0.05, 0) is 203 Å². The number of hydrogen-bond acceptors (Lipinski definition) is 2. The first-order valence-electron chi connectivity index (χ1n) is 26.2. The van der Waals surface area contributed by atoms with Crippen molar-refractivity contribution in [3.05, 3.63) is 262 Å². The predicted molar refractivity (Wildman–Crippen MR) is 319 cm³/mol. The number of para-hydroxylation sites is 2. The topological polar surface area (TPSA) is 6.48 Å². The van der Waals surface area contributed by atoms with Gasteiger partial charge in [-0.1, -0.05) is 158 Å². The normalized spacial score (nSPS) is 11.6. The number of benzene rings is 12. The average molecular weight is 989 g/mol. The zero-order valence-corrected chi connectivity index (χ0v) is 44.3. The molecule has 0 fully saturated rings. The summed E-state index contributed by atoms with van der Waals surface area (Å²) >= 11 is 0. The summed E-state index contributed by atoms with van der Waals surface area (Å²) in [5.74, 6) is -0.652. The molecule has 0 N–H and O–H groups in total. The second-order valence-electron chi connectivity index (χ2n) is 20.6. The molecule has 0 aromatic heterocycles. The summed E-state index contributed by atoms with van der Waals surface area (Å²) in [6, 6.07) is 70.5. The Kier molecular flexibility index (Phi) is 12.1. The highest BCUT2D eigenvalue weighted by Gasteiger charge is 2.31. The molecule has 0 saturated heterocycles. The van der Waals surface area contributed by atoms with Gasteiger partial charge >= 0.3 is 0 Å². The van der Waals surface area contributed by atoms with Gasteiger partial charge in [-0.3, -0.25) is 0 Å². The Labute approximate surface area is 445 Å². The van der Waals surface area contributed by atoms with Crippen molar-refractivity contribution in [1.29, 1.82) is 0 Å². The van der Waals surface area contributed by atoms with Crippen LogP contribution in [0, 0.1) is 67.0 Å². The van der Waals surface area contributed by atoms with Crippen LogP contribution in [0.3, 0.4) is 0 Å². The maximum absolute atomic E-state index is 17.9. The summed E-state index contributed by atoms with van der Waals surface area (Å²) in [6.45, 7) is 17.1. The van der Waals surface area contributed by atoms with Crippen LogP contribution in [0.4, 0.5) is 42.9 Å². The number of hydrogen-bond donors (Lipinski definition) is 0. The van der Waals surface area contributed by atoms with Crippen LogP contribution < -0.4 is 9.80 Å². The highest BCUT2D eigenvalue weighted by Crippen LogP contribution is 2.55. The SMILES string of the molecule is Cc1cccc(C)c1-c1ccc(F)c(N(c2ccccc2)c2ccc3ccc4c(N(c5ccccc5)c5c(F)ccc(-c6c(C)cccc6C)c5-c5c(C)cccc5C)ccc5ccc2c3c54)c1-c1c(C)cccc1C. The van der Waals surface area contributed by atoms with E-state index in [9.17, 15) is 0 Å². The molecule has 4 heteroatoms. The maximum Gasteiger partial charge on any atom is 0.147 e. The Morgan fingerprint density at radius 1 is 0.263 bits per heavy atom. The first-order valence-corrected chi connectivity index (χ1v) is 26.2. The lowest BCUT2D eigenvalue weighted by Crippen LogP contribution is -2.15. The van der Waals surface area contributed by atoms with E-state index in [2.05, 4.69) is 211 Å². The van der Waals surface area contributed by atoms with Gasteiger partial charge in [-0.15, -0.1) is 0 Å². The molecule has 0 atom stereocenters. The van der Waals surface area contributed by atoms with Gasteiger partial charge < -0.3 is 9.80 Å². The van der Waals surface area contributed by atoms with E-state index in [-0.39, 0.29) is 11.6 Å². The molecule has 0 bridgehead atoms. The molecule has 0 aliphatic rings. The molecule has 0 aliphatic heterocycles. The number of anilines is 6. The van der Waals surface area contributed by atoms with Gasteiger partial charge in [0.05, 0.1) is 22.7 Å². The second-order valence-corrected chi connectivity index (χ2v) is 20.6. The fourth-order valence-electron chi connectivity index (χ4n) is 12.5. The van der Waals surface area contributed by atoms with Gasteiger partial charge in [0.25, 0.3) is 0 Å². The predicted octanol–water partition coefficient (Wildman–Crippen LogP) is 20.9. The largest absolute Gasteiger partial charge is 0.307 e. The van der Waals surface area contributed by atoms with Crippen LogP contribution in [0.5, 0.6) is 0 Å². The number of rotatable bonds is 10. The standard InChI is InChI=1S/C72H58F2N2/c1-43-19-15-20-44(2)63(43)57-37-39-59(73)71(69(57)65-47(5)23-17-24-48(65)6)75(53-27-11-9-12-28-53)61-41-33-51-32-36-56-62(42-34-52-31-35-55(61)67(51)68(52)56)76(54-29-13-10-14-30-54)72-60(74)40-38-58(64-45(3)21-16-22-46(64)4)70(72)66-49(7)25-18-26-50(66)8/h9-42H,1-8H3. The molecule has 0 unspecified atom stereocenters. The molecule has 76 heavy (non-hydrogen) atoms. The quantitative estimate of drug-likeness (QED) is 0.126. The summed E-state index contributed by atoms with van der Waals surface area (Å²) < 4.78 is 35.8. The van der Waals surface area contributed by atoms with Gasteiger partial charge in [0.2, 0.25) is 0 Å². The lowest BCUT2D eigenvalue weighted by molar-refractivity contribution is 0.629. The van der Waals surface area contributed by atoms with E-state index in [1.165, 1.54) is 0 Å². The van der Waals surface area contributed by atoms with E-state index in [4.69, 9.17) is 0 Å². The number of nitrogens with zero attached hydrogens (tertiary/aromatic N) is 2. The molecule has 0 aliphatic carbocycles. The highest BCUT2D eigenvalue weighted by atomic mass is 19.1. The van der Waals surface area contributed by atoms with Crippen molar-refractivity contribution in [2.45, 2.75) is 55.4 Å². The minimum atomic E-state index is -0.326. The Balaban J connectivity index is 1.18. The van der Waals surface area contributed by atoms with Crippen LogP contribution in [0.15, 0.2) is 206 Å². The lowest BCUT2D eigenvalue weighted by atomic mass is 9.84. The first kappa shape index (κ1) is 48.1. The number of aryl methyl sites for hydroxylation is 8. The summed E-state index contributed by atoms with van der Waals surface area (Å²) in [5.41, 5.74) is 20.9. The summed E-state index contributed by atoms with van der Waals surface area (Å²) in [6.07, 6.45) is 0. The van der Waals surface area contributed by atoms with Gasteiger partial charge in [0, 0.05) is 33.3 Å². The fraction of sp³-hybridized carbons (Fsp3) is 0.111. The third kappa shape index (κ3) is 7.82. The van der Waals surface area contributed by atoms with Crippen LogP contribution >= 0.6 is 0 Å². The van der Waals surface area contributed by atoms with Crippen LogP contribution in [0.1, 0.15) is 44.5 Å². The zero-order chi connectivity index (χ0) is 52.5. The molecular formula is C72H58F2N2. The summed E-state index contributed by atoms with van der Waals surface area (Å²) in [7, 11) is 0. The van der Waals surface area contributed by atoms with Crippen molar-refractivity contribution in [1.82, 2.24) is 0 Å². The summed E-state index contributed by atoms with van der Waals surface area (Å²) in [5, 5.41) is 6.11. The van der Waals surface area contributed by atoms with Crippen molar-refractivity contribution >= 4 is 66.4 Å². The van der Waals surface area contributed by atoms with Crippen LogP contribution in [0.25, 0.3) is 76.8 Å². The van der Waals surface area contributed by atoms with E-state index in [0.29, 0.717) is 11.4 Å². The highest BCUT2D eigenvalue weighted by molar-refractivity contribution is 6.28. The first-order chi connectivity index (χ1) is 36.9. The van der Waals surface area contributed by atoms with E-state index in [1.807, 2.05) is 48.5 Å². The maximum atomic E-state index is 17.9. The smallest absolute Gasteiger partial charge is 0.147 e. The van der Waals surface area contributed by atoms with Crippen molar-refractivity contribution < 1.29 is 8.78 Å². The zero-order valence-electron chi connectivity index (χ0n) is 44.3. The van der Waals surface area contributed by atoms with Gasteiger partial charge in [-0.2, -0.15) is 0 Å². The minimum absolute atomic E-state index is 0.326. The third-order valence-electron chi connectivity index (χ3n) is 15.8. The van der Waals surface area contributed by atoms with E-state index in [1.54, 1.807) is 12.1 Å². The molecule has 370 valence electrons. The molecule has 12 aromatic rings. The van der Waals surface area contributed by atoms with Crippen molar-refractivity contribution in [3.8, 4) is 44.5 Å². The molecule has 12 rings (SSSR count). The van der Waals surface area contributed by atoms with Crippen molar-refractivity contribution in [3.63, 3.8) is 0 Å². The van der Waals surface area contributed by atoms with E-state index >= 15 is 8.78 Å². The monoisotopic (exact) mass is 988 g/mol. The Bertz CT molecular complexity index is 3880. The third-order valence-corrected chi connectivity index (χ3v) is 15.8. The van der Waals surface area contributed by atoms with Crippen LogP contribution in [0.2, 0.25) is 0 Å². The van der Waals surface area contributed by atoms with Gasteiger partial charge in [-0.25, -0.2) is 8.78 Å². The molecular weight excluding hydrogens is 931 g/mol. The van der Waals surface area contributed by atoms with Crippen molar-refractivity contribution in [2.75, 3.05) is 9.80 Å². The molecule has 2 nitrogen and oxygen atoms in total. The minimum Gasteiger partial charge on any atom is -0.307 e. The summed E-state index contributed by atoms with van der Waals surface area (Å²) in [4.78, 5) is 4.28. The average Bonchev–Trinajstić information content (AvgIpc) is 3.52. The Morgan fingerprint density at radius 2 is 0.566 bits per heavy atom. The van der Waals surface area contributed by atoms with E-state index < -0.39 is 0 Å². The van der Waals surface area contributed by atoms with Gasteiger partial charge in [0.15, 0.2) is 0 Å². The molecule has 0 radical (unpaired) electrons. The molecule has 12 aromatic carbocycles. The molecule has 0 amide bonds. The fourth-order valence-corrected chi connectivity index (χ4v) is 12.5. The second kappa shape index (κ2) is 19.1. The number of halogens is 2. The van der Waals surface area contributed by atoms with E-state index in [0.717, 1.165) is 144 Å². The lowest BCUT2D eigenvalue weighted by Gasteiger charge is -2.33. The molecule has 0 saturated carbocycles. The Morgan fingerprint density at radius 3 is 0.895 bits per heavy atom. The van der Waals surface area contributed by atoms with Crippen LogP contribution in [-0.4, -0.2) is 0 Å².